The Labute approximate surface area is 119 Å². The smallest absolute Gasteiger partial charge is 0.492 e. The van der Waals surface area contributed by atoms with Gasteiger partial charge < -0.3 is 14.2 Å². The molecule has 0 aromatic heterocycles. The third-order valence-corrected chi connectivity index (χ3v) is 2.85. The van der Waals surface area contributed by atoms with E-state index in [9.17, 15) is 18.0 Å². The van der Waals surface area contributed by atoms with E-state index >= 15 is 0 Å². The maximum Gasteiger partial charge on any atom is 0.573 e. The molecule has 1 aromatic carbocycles. The van der Waals surface area contributed by atoms with Gasteiger partial charge in [0.15, 0.2) is 0 Å². The molecule has 7 heteroatoms. The molecule has 1 fully saturated rings. The van der Waals surface area contributed by atoms with Crippen molar-refractivity contribution >= 4 is 5.97 Å². The second-order valence-electron chi connectivity index (χ2n) is 4.68. The molecule has 1 saturated carbocycles. The Morgan fingerprint density at radius 2 is 2.05 bits per heavy atom. The highest BCUT2D eigenvalue weighted by molar-refractivity contribution is 5.92. The number of rotatable bonds is 6. The van der Waals surface area contributed by atoms with Crippen molar-refractivity contribution < 1.29 is 32.2 Å². The lowest BCUT2D eigenvalue weighted by Gasteiger charge is -2.14. The number of hydrogen-bond donors (Lipinski definition) is 0. The first-order valence-corrected chi connectivity index (χ1v) is 6.58. The van der Waals surface area contributed by atoms with Crippen LogP contribution < -0.4 is 9.47 Å². The molecule has 1 aliphatic rings. The zero-order chi connectivity index (χ0) is 15.5. The van der Waals surface area contributed by atoms with E-state index in [0.717, 1.165) is 25.0 Å². The van der Waals surface area contributed by atoms with Crippen molar-refractivity contribution in [1.82, 2.24) is 0 Å². The third-order valence-electron chi connectivity index (χ3n) is 2.85. The van der Waals surface area contributed by atoms with E-state index in [-0.39, 0.29) is 17.9 Å². The van der Waals surface area contributed by atoms with Gasteiger partial charge in [-0.1, -0.05) is 0 Å². The van der Waals surface area contributed by atoms with Gasteiger partial charge in [-0.05, 0) is 37.8 Å². The average molecular weight is 304 g/mol. The fourth-order valence-electron chi connectivity index (χ4n) is 1.69. The minimum atomic E-state index is -4.79. The first-order valence-electron chi connectivity index (χ1n) is 6.58. The summed E-state index contributed by atoms with van der Waals surface area (Å²) in [4.78, 5) is 11.8. The van der Waals surface area contributed by atoms with E-state index in [2.05, 4.69) is 4.74 Å². The van der Waals surface area contributed by atoms with Crippen molar-refractivity contribution in [2.45, 2.75) is 26.1 Å². The van der Waals surface area contributed by atoms with Crippen LogP contribution >= 0.6 is 0 Å². The van der Waals surface area contributed by atoms with Crippen molar-refractivity contribution in [3.05, 3.63) is 23.8 Å². The summed E-state index contributed by atoms with van der Waals surface area (Å²) in [6, 6.07) is 3.33. The van der Waals surface area contributed by atoms with Crippen LogP contribution in [0.25, 0.3) is 0 Å². The summed E-state index contributed by atoms with van der Waals surface area (Å²) >= 11 is 0. The Kier molecular flexibility index (Phi) is 4.59. The molecule has 0 aliphatic heterocycles. The van der Waals surface area contributed by atoms with Crippen LogP contribution in [0.2, 0.25) is 0 Å². The number of carbonyl (C=O) groups excluding carboxylic acids is 1. The molecule has 21 heavy (non-hydrogen) atoms. The van der Waals surface area contributed by atoms with Crippen LogP contribution in [-0.4, -0.2) is 25.5 Å². The number of hydrogen-bond acceptors (Lipinski definition) is 4. The van der Waals surface area contributed by atoms with E-state index in [1.54, 1.807) is 6.92 Å². The fraction of sp³-hybridized carbons (Fsp3) is 0.500. The Morgan fingerprint density at radius 3 is 2.62 bits per heavy atom. The monoisotopic (exact) mass is 304 g/mol. The molecule has 1 aromatic rings. The quantitative estimate of drug-likeness (QED) is 0.754. The number of benzene rings is 1. The summed E-state index contributed by atoms with van der Waals surface area (Å²) in [6.45, 7) is 2.17. The number of alkyl halides is 3. The van der Waals surface area contributed by atoms with Crippen LogP contribution in [0, 0.1) is 5.92 Å². The summed E-state index contributed by atoms with van der Waals surface area (Å²) < 4.78 is 50.8. The van der Waals surface area contributed by atoms with Crippen LogP contribution in [0.3, 0.4) is 0 Å². The molecule has 0 radical (unpaired) electrons. The molecule has 4 nitrogen and oxygen atoms in total. The van der Waals surface area contributed by atoms with E-state index in [1.807, 2.05) is 0 Å². The molecule has 1 aliphatic carbocycles. The third kappa shape index (κ3) is 4.84. The molecular formula is C14H15F3O4. The van der Waals surface area contributed by atoms with Gasteiger partial charge in [0.25, 0.3) is 0 Å². The Bertz CT molecular complexity index is 509. The van der Waals surface area contributed by atoms with Gasteiger partial charge in [-0.3, -0.25) is 0 Å². The Balaban J connectivity index is 2.19. The summed E-state index contributed by atoms with van der Waals surface area (Å²) in [5.41, 5.74) is 0.0898. The van der Waals surface area contributed by atoms with Gasteiger partial charge in [-0.2, -0.15) is 0 Å². The van der Waals surface area contributed by atoms with Gasteiger partial charge >= 0.3 is 12.3 Å². The van der Waals surface area contributed by atoms with Crippen molar-refractivity contribution in [2.24, 2.45) is 5.92 Å². The second-order valence-corrected chi connectivity index (χ2v) is 4.68. The summed E-state index contributed by atoms with van der Waals surface area (Å²) in [5.74, 6) is -0.627. The van der Waals surface area contributed by atoms with Gasteiger partial charge in [0, 0.05) is 6.07 Å². The first kappa shape index (κ1) is 15.5. The molecule has 0 N–H and O–H groups in total. The van der Waals surface area contributed by atoms with Gasteiger partial charge in [0.1, 0.15) is 17.1 Å². The topological polar surface area (TPSA) is 44.8 Å². The number of halogens is 3. The van der Waals surface area contributed by atoms with E-state index in [1.165, 1.54) is 6.07 Å². The lowest BCUT2D eigenvalue weighted by atomic mass is 10.2. The number of esters is 1. The van der Waals surface area contributed by atoms with E-state index < -0.39 is 18.1 Å². The van der Waals surface area contributed by atoms with Gasteiger partial charge in [0.2, 0.25) is 0 Å². The summed E-state index contributed by atoms with van der Waals surface area (Å²) in [7, 11) is 0. The zero-order valence-electron chi connectivity index (χ0n) is 11.4. The van der Waals surface area contributed by atoms with Crippen molar-refractivity contribution in [1.29, 1.82) is 0 Å². The van der Waals surface area contributed by atoms with Crippen LogP contribution in [0.1, 0.15) is 30.1 Å². The number of carbonyl (C=O) groups is 1. The number of ether oxygens (including phenoxy) is 3. The van der Waals surface area contributed by atoms with Crippen LogP contribution in [0.15, 0.2) is 18.2 Å². The second kappa shape index (κ2) is 6.24. The largest absolute Gasteiger partial charge is 0.573 e. The predicted molar refractivity (Wildman–Crippen MR) is 67.3 cm³/mol. The minimum Gasteiger partial charge on any atom is -0.492 e. The highest BCUT2D eigenvalue weighted by Crippen LogP contribution is 2.33. The van der Waals surface area contributed by atoms with Crippen LogP contribution in [0.4, 0.5) is 13.2 Å². The molecule has 0 amide bonds. The molecular weight excluding hydrogens is 289 g/mol. The van der Waals surface area contributed by atoms with Crippen LogP contribution in [-0.2, 0) is 4.74 Å². The molecule has 0 saturated heterocycles. The van der Waals surface area contributed by atoms with Crippen molar-refractivity contribution in [2.75, 3.05) is 13.2 Å². The van der Waals surface area contributed by atoms with Gasteiger partial charge in [-0.15, -0.1) is 13.2 Å². The van der Waals surface area contributed by atoms with Gasteiger partial charge in [0.05, 0.1) is 13.2 Å². The lowest BCUT2D eigenvalue weighted by molar-refractivity contribution is -0.274. The minimum absolute atomic E-state index is 0.0436. The molecule has 2 rings (SSSR count). The highest BCUT2D eigenvalue weighted by Gasteiger charge is 2.32. The van der Waals surface area contributed by atoms with Crippen molar-refractivity contribution in [3.8, 4) is 11.5 Å². The van der Waals surface area contributed by atoms with E-state index in [4.69, 9.17) is 9.47 Å². The predicted octanol–water partition coefficient (Wildman–Crippen LogP) is 3.55. The molecule has 0 atom stereocenters. The van der Waals surface area contributed by atoms with Gasteiger partial charge in [-0.25, -0.2) is 4.79 Å². The Hall–Kier alpha value is -1.92. The zero-order valence-corrected chi connectivity index (χ0v) is 11.4. The maximum absolute atomic E-state index is 12.2. The SMILES string of the molecule is CCOC(=O)c1ccc(OC(F)(F)F)cc1OCC1CC1. The average Bonchev–Trinajstić information content (AvgIpc) is 3.18. The summed E-state index contributed by atoms with van der Waals surface area (Å²) in [5, 5.41) is 0. The highest BCUT2D eigenvalue weighted by atomic mass is 19.4. The molecule has 0 unspecified atom stereocenters. The van der Waals surface area contributed by atoms with Crippen LogP contribution in [0.5, 0.6) is 11.5 Å². The Morgan fingerprint density at radius 1 is 1.33 bits per heavy atom. The van der Waals surface area contributed by atoms with E-state index in [0.29, 0.717) is 12.5 Å². The molecule has 0 spiro atoms. The fourth-order valence-corrected chi connectivity index (χ4v) is 1.69. The normalized spacial score (nSPS) is 14.7. The standard InChI is InChI=1S/C14H15F3O4/c1-2-19-13(18)11-6-5-10(21-14(15,16)17)7-12(11)20-8-9-3-4-9/h5-7,9H,2-4,8H2,1H3. The van der Waals surface area contributed by atoms with Crippen molar-refractivity contribution in [3.63, 3.8) is 0 Å². The molecule has 0 bridgehead atoms. The first-order chi connectivity index (χ1) is 9.89. The summed E-state index contributed by atoms with van der Waals surface area (Å²) in [6.07, 6.45) is -2.75. The molecule has 0 heterocycles. The molecule has 116 valence electrons. The maximum atomic E-state index is 12.2. The lowest BCUT2D eigenvalue weighted by Crippen LogP contribution is -2.17.